The SMILES string of the molecule is CC[C@H](C)[C@H](NC(=O)[C@@H](NC(=O)[C@H](CCCCN)NC(=O)[C@H](CC(N)=O)NC(=O)[C@H](CCCCN)NC(=O)[C@H](Cc1ccccc1)NC(=O)[C@H](CCC(N)=O)NC(=O)[C@H](CCC(=O)O)NC(=O)[C@H](CCCCN)NC(=O)[C@@H](N)CC(C)C)[C@@H](C)O)C(=O)N[C@H](C(=O)N[C@@H](Cc1ccccc1)C(=O)N[C@@H](CC(N)=O)C(=O)N[C@@H](CCC(N)=O)C(=O)N[C@@H](CO)C(=O)O)C(C)C. The lowest BCUT2D eigenvalue weighted by Crippen LogP contribution is -2.63. The molecule has 0 bridgehead atoms. The molecule has 0 radical (unpaired) electrons. The summed E-state index contributed by atoms with van der Waals surface area (Å²) in [4.78, 5) is 274. The van der Waals surface area contributed by atoms with Crippen LogP contribution in [0.4, 0.5) is 0 Å². The number of aliphatic carboxylic acids is 2. The number of hydrogen-bond acceptors (Lipinski definition) is 26. The van der Waals surface area contributed by atoms with Gasteiger partial charge in [0.2, 0.25) is 106 Å². The van der Waals surface area contributed by atoms with Crippen LogP contribution < -0.4 is 120 Å². The fourth-order valence-electron chi connectivity index (χ4n) is 13.0. The van der Waals surface area contributed by atoms with Gasteiger partial charge in [-0.25, -0.2) is 4.79 Å². The van der Waals surface area contributed by atoms with Crippen LogP contribution in [0.1, 0.15) is 182 Å². The van der Waals surface area contributed by atoms with Gasteiger partial charge >= 0.3 is 11.9 Å². The minimum absolute atomic E-state index is 0.0136. The molecule has 0 aliphatic carbocycles. The summed E-state index contributed by atoms with van der Waals surface area (Å²) in [6, 6.07) is -9.03. The third-order valence-electron chi connectivity index (χ3n) is 20.5. The van der Waals surface area contributed by atoms with Crippen molar-refractivity contribution in [1.82, 2.24) is 74.4 Å². The molecule has 46 nitrogen and oxygen atoms in total. The topological polar surface area (TPSA) is 799 Å². The summed E-state index contributed by atoms with van der Waals surface area (Å²) < 4.78 is 0. The Morgan fingerprint density at radius 1 is 0.333 bits per heavy atom. The van der Waals surface area contributed by atoms with E-state index >= 15 is 0 Å². The van der Waals surface area contributed by atoms with E-state index in [1.54, 1.807) is 74.5 Å². The Balaban J connectivity index is 2.62. The van der Waals surface area contributed by atoms with Crippen molar-refractivity contribution in [3.05, 3.63) is 71.8 Å². The molecule has 0 aliphatic rings. The second-order valence-corrected chi connectivity index (χ2v) is 32.3. The Hall–Kier alpha value is -12.4. The van der Waals surface area contributed by atoms with Gasteiger partial charge in [0.05, 0.1) is 31.6 Å². The molecule has 0 spiro atoms. The first kappa shape index (κ1) is 113. The highest BCUT2D eigenvalue weighted by Gasteiger charge is 2.41. The average molecular weight is 1820 g/mol. The molecule has 2 aromatic rings. The van der Waals surface area contributed by atoms with Gasteiger partial charge in [0.25, 0.3) is 0 Å². The van der Waals surface area contributed by atoms with Crippen molar-refractivity contribution < 1.29 is 116 Å². The van der Waals surface area contributed by atoms with Crippen LogP contribution in [0, 0.1) is 17.8 Å². The van der Waals surface area contributed by atoms with E-state index in [-0.39, 0.29) is 96.2 Å². The highest BCUT2D eigenvalue weighted by atomic mass is 16.4. The van der Waals surface area contributed by atoms with Gasteiger partial charge in [-0.1, -0.05) is 109 Å². The van der Waals surface area contributed by atoms with Gasteiger partial charge in [-0.3, -0.25) is 91.1 Å². The fourth-order valence-corrected chi connectivity index (χ4v) is 13.0. The second kappa shape index (κ2) is 59.6. The molecule has 0 fully saturated rings. The van der Waals surface area contributed by atoms with Crippen molar-refractivity contribution in [1.29, 1.82) is 0 Å². The first-order valence-electron chi connectivity index (χ1n) is 42.9. The minimum Gasteiger partial charge on any atom is -0.481 e. The Bertz CT molecular complexity index is 4070. The molecule has 0 unspecified atom stereocenters. The number of aliphatic hydroxyl groups is 2. The number of amides is 18. The largest absolute Gasteiger partial charge is 0.481 e. The number of carbonyl (C=O) groups excluding carboxylic acids is 18. The summed E-state index contributed by atoms with van der Waals surface area (Å²) in [5.41, 5.74) is 46.3. The summed E-state index contributed by atoms with van der Waals surface area (Å²) >= 11 is 0. The van der Waals surface area contributed by atoms with Crippen LogP contribution in [-0.2, 0) is 109 Å². The second-order valence-electron chi connectivity index (χ2n) is 32.3. The van der Waals surface area contributed by atoms with Crippen LogP contribution in [0.25, 0.3) is 0 Å². The van der Waals surface area contributed by atoms with Crippen LogP contribution in [0.5, 0.6) is 0 Å². The van der Waals surface area contributed by atoms with E-state index in [4.69, 9.17) is 45.9 Å². The maximum absolute atomic E-state index is 14.9. The van der Waals surface area contributed by atoms with E-state index in [0.29, 0.717) is 24.0 Å². The van der Waals surface area contributed by atoms with Crippen molar-refractivity contribution >= 4 is 118 Å². The Kier molecular flexibility index (Phi) is 52.1. The molecule has 129 heavy (non-hydrogen) atoms. The molecule has 0 saturated carbocycles. The number of carbonyl (C=O) groups is 20. The molecule has 17 atom stereocenters. The van der Waals surface area contributed by atoms with Crippen LogP contribution in [-0.4, -0.2) is 262 Å². The molecule has 0 aliphatic heterocycles. The third-order valence-corrected chi connectivity index (χ3v) is 20.5. The maximum Gasteiger partial charge on any atom is 0.328 e. The molecule has 2 aromatic carbocycles. The lowest BCUT2D eigenvalue weighted by atomic mass is 9.95. The van der Waals surface area contributed by atoms with Crippen LogP contribution in [0.2, 0.25) is 0 Å². The van der Waals surface area contributed by atoms with Crippen LogP contribution in [0.3, 0.4) is 0 Å². The number of carboxylic acids is 2. The summed E-state index contributed by atoms with van der Waals surface area (Å²) in [6.45, 7) is 10.2. The molecule has 0 saturated heterocycles. The van der Waals surface area contributed by atoms with Crippen molar-refractivity contribution in [2.75, 3.05) is 26.2 Å². The average Bonchev–Trinajstić information content (AvgIpc) is 0.845. The van der Waals surface area contributed by atoms with E-state index < -0.39 is 285 Å². The normalized spacial score (nSPS) is 15.1. The monoisotopic (exact) mass is 1820 g/mol. The lowest BCUT2D eigenvalue weighted by Gasteiger charge is -2.31. The van der Waals surface area contributed by atoms with E-state index in [1.807, 2.05) is 19.2 Å². The van der Waals surface area contributed by atoms with Crippen LogP contribution >= 0.6 is 0 Å². The number of rotatable bonds is 65. The molecule has 34 N–H and O–H groups in total. The van der Waals surface area contributed by atoms with Gasteiger partial charge in [-0.2, -0.15) is 0 Å². The number of primary amides is 4. The van der Waals surface area contributed by atoms with E-state index in [2.05, 4.69) is 69.1 Å². The molecule has 18 amide bonds. The number of carboxylic acid groups (broad SMARTS) is 2. The summed E-state index contributed by atoms with van der Waals surface area (Å²) in [6.07, 6.45) is -6.40. The predicted molar refractivity (Wildman–Crippen MR) is 466 cm³/mol. The van der Waals surface area contributed by atoms with Gasteiger partial charge in [0.15, 0.2) is 0 Å². The number of nitrogens with two attached hydrogens (primary N) is 8. The maximum atomic E-state index is 14.9. The Morgan fingerprint density at radius 2 is 0.620 bits per heavy atom. The molecular weight excluding hydrogens is 1690 g/mol. The fraction of sp³-hybridized carbons (Fsp3) is 0.614. The number of nitrogens with one attached hydrogen (secondary N) is 14. The molecule has 0 heterocycles. The molecule has 46 heteroatoms. The molecular formula is C83H134N22O24. The zero-order valence-corrected chi connectivity index (χ0v) is 74.0. The smallest absolute Gasteiger partial charge is 0.328 e. The number of aliphatic hydroxyl groups excluding tert-OH is 2. The van der Waals surface area contributed by atoms with Crippen molar-refractivity contribution in [2.45, 2.75) is 280 Å². The van der Waals surface area contributed by atoms with Gasteiger partial charge in [-0.15, -0.1) is 0 Å². The highest BCUT2D eigenvalue weighted by Crippen LogP contribution is 2.17. The minimum atomic E-state index is -1.95. The number of hydrogen-bond donors (Lipinski definition) is 26. The van der Waals surface area contributed by atoms with E-state index in [1.165, 1.54) is 13.8 Å². The Labute approximate surface area is 747 Å². The molecule has 720 valence electrons. The summed E-state index contributed by atoms with van der Waals surface area (Å²) in [5.74, 6) is -24.2. The zero-order valence-electron chi connectivity index (χ0n) is 74.0. The molecule has 2 rings (SSSR count). The van der Waals surface area contributed by atoms with Crippen molar-refractivity contribution in [3.63, 3.8) is 0 Å². The van der Waals surface area contributed by atoms with Gasteiger partial charge in [0.1, 0.15) is 84.6 Å². The third kappa shape index (κ3) is 43.3. The first-order chi connectivity index (χ1) is 60.8. The van der Waals surface area contributed by atoms with Crippen LogP contribution in [0.15, 0.2) is 60.7 Å². The van der Waals surface area contributed by atoms with Gasteiger partial charge in [-0.05, 0) is 139 Å². The molecule has 0 aromatic heterocycles. The zero-order chi connectivity index (χ0) is 97.3. The lowest BCUT2D eigenvalue weighted by molar-refractivity contribution is -0.143. The summed E-state index contributed by atoms with van der Waals surface area (Å²) in [7, 11) is 0. The van der Waals surface area contributed by atoms with E-state index in [0.717, 1.165) is 6.92 Å². The predicted octanol–water partition coefficient (Wildman–Crippen LogP) is -7.67. The number of benzene rings is 2. The number of unbranched alkanes of at least 4 members (excludes halogenated alkanes) is 3. The van der Waals surface area contributed by atoms with E-state index in [9.17, 15) is 116 Å². The van der Waals surface area contributed by atoms with Gasteiger partial charge in [0, 0.05) is 32.1 Å². The quantitative estimate of drug-likeness (QED) is 0.0274. The Morgan fingerprint density at radius 3 is 0.938 bits per heavy atom. The van der Waals surface area contributed by atoms with Crippen molar-refractivity contribution in [3.8, 4) is 0 Å². The van der Waals surface area contributed by atoms with Gasteiger partial charge < -0.3 is 141 Å². The highest BCUT2D eigenvalue weighted by molar-refractivity contribution is 6.02. The first-order valence-corrected chi connectivity index (χ1v) is 42.9. The standard InChI is InChI=1S/C83H134N22O24/c1-8-45(6)67(81(126)103-66(44(4)5)80(125)101-57(39-48-23-13-10-14-24-48)77(122)100-59(41-64(91)111)79(124)97-54(29-32-62(89)109)74(119)102-60(42-106)83(128)129)104-82(127)68(46(7)107)105-75(120)52(27-17-20-36-86)94-78(123)58(40-63(90)110)99-71(116)51(26-16-19-35-85)93-76(121)56(38-47-21-11-9-12-22-47)98-73(118)53(28-31-61(88)108)95-72(117)55(30-33-65(112)113)96-70(115)50(25-15-18-34-84)92-69(114)49(87)37-43(2)3/h9-14,21-24,43-46,49-60,66-68,106-107H,8,15-20,25-42,84-87H2,1-7H3,(H2,88,108)(H2,89,109)(H2,90,110)(H2,91,111)(H,92,114)(H,93,121)(H,94,123)(H,95,117)(H,96,115)(H,97,124)(H,98,118)(H,99,116)(H,100,122)(H,101,125)(H,102,119)(H,103,126)(H,104,127)(H,105,120)(H,112,113)(H,128,129)/t45-,46+,49-,50-,51-,52-,53-,54-,55-,56-,57-,58-,59-,60-,66-,67-,68-/m0/s1. The summed E-state index contributed by atoms with van der Waals surface area (Å²) in [5, 5.41) is 74.1. The van der Waals surface area contributed by atoms with Crippen molar-refractivity contribution in [2.24, 2.45) is 63.6 Å².